The minimum Gasteiger partial charge on any atom is -0.377 e. The lowest BCUT2D eigenvalue weighted by Gasteiger charge is -2.17. The third-order valence-corrected chi connectivity index (χ3v) is 3.70. The second kappa shape index (κ2) is 6.07. The molecule has 0 saturated heterocycles. The molecule has 0 aliphatic heterocycles. The van der Waals surface area contributed by atoms with E-state index in [9.17, 15) is 4.39 Å². The van der Waals surface area contributed by atoms with Crippen LogP contribution in [0.4, 0.5) is 10.1 Å². The molecule has 1 aromatic carbocycles. The molecular weight excluding hydrogens is 354 g/mol. The number of pyridine rings is 1. The highest BCUT2D eigenvalue weighted by Gasteiger charge is 2.13. The molecule has 6 heteroatoms. The molecule has 0 radical (unpaired) electrons. The van der Waals surface area contributed by atoms with Crippen molar-refractivity contribution in [2.45, 2.75) is 13.0 Å². The maximum Gasteiger partial charge on any atom is 0.142 e. The van der Waals surface area contributed by atoms with Crippen molar-refractivity contribution < 1.29 is 4.39 Å². The van der Waals surface area contributed by atoms with Gasteiger partial charge >= 0.3 is 0 Å². The average molecular weight is 364 g/mol. The van der Waals surface area contributed by atoms with Crippen LogP contribution in [0.25, 0.3) is 0 Å². The Balaban J connectivity index is 2.22. The van der Waals surface area contributed by atoms with E-state index < -0.39 is 5.82 Å². The summed E-state index contributed by atoms with van der Waals surface area (Å²) in [5.74, 6) is -0.483. The van der Waals surface area contributed by atoms with Gasteiger partial charge in [-0.05, 0) is 52.7 Å². The summed E-state index contributed by atoms with van der Waals surface area (Å²) in [7, 11) is 0. The third kappa shape index (κ3) is 3.59. The highest BCUT2D eigenvalue weighted by Crippen LogP contribution is 2.30. The Labute approximate surface area is 129 Å². The number of hydrogen-bond acceptors (Lipinski definition) is 2. The molecule has 1 N–H and O–H groups in total. The van der Waals surface area contributed by atoms with Crippen LogP contribution in [0.2, 0.25) is 10.0 Å². The van der Waals surface area contributed by atoms with Crippen molar-refractivity contribution in [3.05, 3.63) is 56.5 Å². The Morgan fingerprint density at radius 1 is 1.26 bits per heavy atom. The first-order chi connectivity index (χ1) is 8.97. The minimum atomic E-state index is -0.483. The van der Waals surface area contributed by atoms with Gasteiger partial charge in [-0.15, -0.1) is 0 Å². The molecule has 0 fully saturated rings. The lowest BCUT2D eigenvalue weighted by atomic mass is 10.1. The zero-order valence-corrected chi connectivity index (χ0v) is 13.0. The van der Waals surface area contributed by atoms with E-state index in [2.05, 4.69) is 26.2 Å². The fourth-order valence-electron chi connectivity index (χ4n) is 1.66. The van der Waals surface area contributed by atoms with Crippen molar-refractivity contribution in [2.24, 2.45) is 0 Å². The van der Waals surface area contributed by atoms with Crippen molar-refractivity contribution in [3.63, 3.8) is 0 Å². The second-order valence-electron chi connectivity index (χ2n) is 4.02. The molecule has 0 spiro atoms. The first kappa shape index (κ1) is 14.6. The zero-order valence-electron chi connectivity index (χ0n) is 9.92. The number of halogens is 4. The number of nitrogens with zero attached hydrogens (tertiary/aromatic N) is 1. The van der Waals surface area contributed by atoms with Crippen LogP contribution in [0.5, 0.6) is 0 Å². The van der Waals surface area contributed by atoms with Gasteiger partial charge < -0.3 is 5.32 Å². The fourth-order valence-corrected chi connectivity index (χ4v) is 2.44. The lowest BCUT2D eigenvalue weighted by Crippen LogP contribution is -2.08. The average Bonchev–Trinajstić information content (AvgIpc) is 2.36. The number of hydrogen-bond donors (Lipinski definition) is 1. The van der Waals surface area contributed by atoms with Crippen molar-refractivity contribution in [1.29, 1.82) is 0 Å². The van der Waals surface area contributed by atoms with E-state index in [4.69, 9.17) is 23.2 Å². The predicted molar refractivity (Wildman–Crippen MR) is 80.4 cm³/mol. The number of aromatic nitrogens is 1. The van der Waals surface area contributed by atoms with Crippen LogP contribution < -0.4 is 5.32 Å². The number of benzene rings is 1. The van der Waals surface area contributed by atoms with E-state index in [1.54, 1.807) is 6.20 Å². The molecule has 0 amide bonds. The molecule has 1 heterocycles. The van der Waals surface area contributed by atoms with Gasteiger partial charge in [0.25, 0.3) is 0 Å². The Morgan fingerprint density at radius 2 is 2.00 bits per heavy atom. The smallest absolute Gasteiger partial charge is 0.142 e. The monoisotopic (exact) mass is 362 g/mol. The summed E-state index contributed by atoms with van der Waals surface area (Å²) in [4.78, 5) is 4.11. The fraction of sp³-hybridized carbons (Fsp3) is 0.154. The van der Waals surface area contributed by atoms with Gasteiger partial charge in [-0.2, -0.15) is 0 Å². The van der Waals surface area contributed by atoms with Gasteiger partial charge in [0, 0.05) is 5.02 Å². The summed E-state index contributed by atoms with van der Waals surface area (Å²) in [5.41, 5.74) is 1.47. The first-order valence-corrected chi connectivity index (χ1v) is 7.05. The summed E-state index contributed by atoms with van der Waals surface area (Å²) in [5, 5.41) is 3.64. The molecule has 2 nitrogen and oxygen atoms in total. The topological polar surface area (TPSA) is 24.9 Å². The Morgan fingerprint density at radius 3 is 2.63 bits per heavy atom. The Kier molecular flexibility index (Phi) is 4.66. The summed E-state index contributed by atoms with van der Waals surface area (Å²) in [6.45, 7) is 1.89. The Hall–Kier alpha value is -0.840. The van der Waals surface area contributed by atoms with Crippen molar-refractivity contribution in [2.75, 3.05) is 5.32 Å². The quantitative estimate of drug-likeness (QED) is 0.578. The van der Waals surface area contributed by atoms with Crippen LogP contribution in [0, 0.1) is 5.82 Å². The van der Waals surface area contributed by atoms with E-state index in [0.29, 0.717) is 10.6 Å². The molecule has 2 rings (SSSR count). The van der Waals surface area contributed by atoms with E-state index in [-0.39, 0.29) is 11.1 Å². The van der Waals surface area contributed by atoms with Crippen LogP contribution in [0.3, 0.4) is 0 Å². The zero-order chi connectivity index (χ0) is 14.0. The van der Waals surface area contributed by atoms with Crippen molar-refractivity contribution in [3.8, 4) is 0 Å². The number of rotatable bonds is 3. The number of anilines is 1. The molecule has 1 atom stereocenters. The van der Waals surface area contributed by atoms with Gasteiger partial charge in [-0.25, -0.2) is 9.37 Å². The highest BCUT2D eigenvalue weighted by atomic mass is 79.9. The largest absolute Gasteiger partial charge is 0.377 e. The SMILES string of the molecule is CC(Nc1ccc(Br)nc1)c1cc(F)c(Cl)cc1Cl. The molecule has 1 aromatic heterocycles. The van der Waals surface area contributed by atoms with Crippen LogP contribution >= 0.6 is 39.1 Å². The van der Waals surface area contributed by atoms with Gasteiger partial charge in [-0.3, -0.25) is 0 Å². The van der Waals surface area contributed by atoms with Crippen LogP contribution in [0.1, 0.15) is 18.5 Å². The lowest BCUT2D eigenvalue weighted by molar-refractivity contribution is 0.624. The summed E-state index contributed by atoms with van der Waals surface area (Å²) >= 11 is 15.0. The van der Waals surface area contributed by atoms with Crippen LogP contribution in [-0.2, 0) is 0 Å². The third-order valence-electron chi connectivity index (χ3n) is 2.62. The standard InChI is InChI=1S/C13H10BrCl2FN2/c1-7(19-8-2-3-13(14)18-6-8)9-4-12(17)11(16)5-10(9)15/h2-7,19H,1H3. The first-order valence-electron chi connectivity index (χ1n) is 5.50. The maximum absolute atomic E-state index is 13.5. The van der Waals surface area contributed by atoms with Crippen molar-refractivity contribution in [1.82, 2.24) is 4.98 Å². The molecule has 0 aliphatic rings. The molecule has 0 bridgehead atoms. The normalized spacial score (nSPS) is 12.3. The molecule has 0 saturated carbocycles. The predicted octanol–water partition coefficient (Wildman–Crippen LogP) is 5.46. The maximum atomic E-state index is 13.5. The van der Waals surface area contributed by atoms with Crippen molar-refractivity contribution >= 4 is 44.8 Å². The van der Waals surface area contributed by atoms with E-state index in [1.807, 2.05) is 19.1 Å². The van der Waals surface area contributed by atoms with E-state index >= 15 is 0 Å². The van der Waals surface area contributed by atoms with Gasteiger partial charge in [0.1, 0.15) is 10.4 Å². The van der Waals surface area contributed by atoms with E-state index in [1.165, 1.54) is 12.1 Å². The van der Waals surface area contributed by atoms with Gasteiger partial charge in [0.2, 0.25) is 0 Å². The number of nitrogens with one attached hydrogen (secondary N) is 1. The molecule has 1 unspecified atom stereocenters. The Bertz CT molecular complexity index is 590. The van der Waals surface area contributed by atoms with Crippen LogP contribution in [-0.4, -0.2) is 4.98 Å². The van der Waals surface area contributed by atoms with Crippen LogP contribution in [0.15, 0.2) is 35.1 Å². The second-order valence-corrected chi connectivity index (χ2v) is 5.65. The minimum absolute atomic E-state index is 0.0197. The van der Waals surface area contributed by atoms with Gasteiger partial charge in [0.15, 0.2) is 0 Å². The van der Waals surface area contributed by atoms with Gasteiger partial charge in [0.05, 0.1) is 22.9 Å². The molecular formula is C13H10BrCl2FN2. The molecule has 19 heavy (non-hydrogen) atoms. The molecule has 2 aromatic rings. The summed E-state index contributed by atoms with van der Waals surface area (Å²) < 4.78 is 14.2. The summed E-state index contributed by atoms with van der Waals surface area (Å²) in [6, 6.07) is 6.27. The van der Waals surface area contributed by atoms with Gasteiger partial charge in [-0.1, -0.05) is 23.2 Å². The highest BCUT2D eigenvalue weighted by molar-refractivity contribution is 9.10. The summed E-state index contributed by atoms with van der Waals surface area (Å²) in [6.07, 6.45) is 1.68. The molecule has 100 valence electrons. The van der Waals surface area contributed by atoms with E-state index in [0.717, 1.165) is 10.3 Å². The molecule has 0 aliphatic carbocycles.